The number of carbonyl (C=O) groups excluding carboxylic acids is 1. The van der Waals surface area contributed by atoms with E-state index in [-0.39, 0.29) is 5.91 Å². The highest BCUT2D eigenvalue weighted by molar-refractivity contribution is 5.95. The maximum Gasteiger partial charge on any atom is 0.253 e. The molecule has 2 aromatic carbocycles. The van der Waals surface area contributed by atoms with Gasteiger partial charge in [-0.15, -0.1) is 0 Å². The quantitative estimate of drug-likeness (QED) is 0.706. The van der Waals surface area contributed by atoms with E-state index >= 15 is 0 Å². The van der Waals surface area contributed by atoms with Crippen LogP contribution in [0, 0.1) is 0 Å². The summed E-state index contributed by atoms with van der Waals surface area (Å²) in [6.07, 6.45) is 1.65. The molecule has 3 aromatic rings. The van der Waals surface area contributed by atoms with Gasteiger partial charge < -0.3 is 9.80 Å². The largest absolute Gasteiger partial charge is 0.378 e. The minimum atomic E-state index is 0.103. The average molecular weight is 374 g/mol. The van der Waals surface area contributed by atoms with Gasteiger partial charge in [0.05, 0.1) is 5.69 Å². The number of fused-ring (bicyclic) bond motifs is 1. The summed E-state index contributed by atoms with van der Waals surface area (Å²) in [5.74, 6) is 0.103. The maximum absolute atomic E-state index is 13.1. The zero-order valence-electron chi connectivity index (χ0n) is 16.7. The molecule has 1 aliphatic rings. The third-order valence-electron chi connectivity index (χ3n) is 5.47. The molecule has 5 heteroatoms. The number of benzene rings is 2. The van der Waals surface area contributed by atoms with Gasteiger partial charge in [0.15, 0.2) is 0 Å². The standard InChI is InChI=1S/C23H26N4O/c1-25(2)19-11-7-10-18(16-19)23(28)27-14-12-20-21(13-15-27)26(3)24-22(20)17-8-5-4-6-9-17/h4-11,16H,12-15H2,1-3H3. The van der Waals surface area contributed by atoms with Crippen molar-refractivity contribution in [3.63, 3.8) is 0 Å². The fourth-order valence-corrected chi connectivity index (χ4v) is 3.91. The molecule has 0 spiro atoms. The fourth-order valence-electron chi connectivity index (χ4n) is 3.91. The van der Waals surface area contributed by atoms with Crippen molar-refractivity contribution >= 4 is 11.6 Å². The van der Waals surface area contributed by atoms with Crippen molar-refractivity contribution < 1.29 is 4.79 Å². The Bertz CT molecular complexity index is 991. The highest BCUT2D eigenvalue weighted by Crippen LogP contribution is 2.28. The molecular weight excluding hydrogens is 348 g/mol. The van der Waals surface area contributed by atoms with E-state index in [2.05, 4.69) is 12.1 Å². The van der Waals surface area contributed by atoms with E-state index in [0.29, 0.717) is 13.1 Å². The number of nitrogens with zero attached hydrogens (tertiary/aromatic N) is 4. The third kappa shape index (κ3) is 3.40. The smallest absolute Gasteiger partial charge is 0.253 e. The Morgan fingerprint density at radius 3 is 2.50 bits per heavy atom. The van der Waals surface area contributed by atoms with Crippen LogP contribution in [0.3, 0.4) is 0 Å². The van der Waals surface area contributed by atoms with Crippen molar-refractivity contribution in [1.29, 1.82) is 0 Å². The average Bonchev–Trinajstić information content (AvgIpc) is 2.89. The third-order valence-corrected chi connectivity index (χ3v) is 5.47. The number of rotatable bonds is 3. The Labute approximate surface area is 166 Å². The number of hydrogen-bond acceptors (Lipinski definition) is 3. The molecule has 4 rings (SSSR count). The van der Waals surface area contributed by atoms with Crippen LogP contribution in [0.15, 0.2) is 54.6 Å². The molecule has 144 valence electrons. The molecule has 0 unspecified atom stereocenters. The summed E-state index contributed by atoms with van der Waals surface area (Å²) in [5.41, 5.74) is 6.47. The lowest BCUT2D eigenvalue weighted by molar-refractivity contribution is 0.0762. The van der Waals surface area contributed by atoms with Crippen LogP contribution in [-0.4, -0.2) is 47.8 Å². The van der Waals surface area contributed by atoms with E-state index in [1.807, 2.05) is 78.1 Å². The van der Waals surface area contributed by atoms with Crippen LogP contribution < -0.4 is 4.90 Å². The Morgan fingerprint density at radius 1 is 1.00 bits per heavy atom. The van der Waals surface area contributed by atoms with E-state index in [0.717, 1.165) is 35.3 Å². The second-order valence-electron chi connectivity index (χ2n) is 7.50. The molecule has 28 heavy (non-hydrogen) atoms. The van der Waals surface area contributed by atoms with Gasteiger partial charge in [0.25, 0.3) is 5.91 Å². The van der Waals surface area contributed by atoms with Gasteiger partial charge in [-0.05, 0) is 24.6 Å². The molecular formula is C23H26N4O. The number of hydrogen-bond donors (Lipinski definition) is 0. The summed E-state index contributed by atoms with van der Waals surface area (Å²) in [7, 11) is 5.98. The van der Waals surface area contributed by atoms with Crippen molar-refractivity contribution in [2.24, 2.45) is 7.05 Å². The van der Waals surface area contributed by atoms with Crippen molar-refractivity contribution in [3.05, 3.63) is 71.4 Å². The zero-order chi connectivity index (χ0) is 19.7. The summed E-state index contributed by atoms with van der Waals surface area (Å²) < 4.78 is 1.98. The van der Waals surface area contributed by atoms with Crippen molar-refractivity contribution in [2.75, 3.05) is 32.1 Å². The van der Waals surface area contributed by atoms with Crippen LogP contribution in [0.2, 0.25) is 0 Å². The first-order chi connectivity index (χ1) is 13.5. The Kier molecular flexibility index (Phi) is 4.90. The first-order valence-electron chi connectivity index (χ1n) is 9.71. The number of anilines is 1. The molecule has 1 aromatic heterocycles. The van der Waals surface area contributed by atoms with Crippen LogP contribution in [0.1, 0.15) is 21.6 Å². The highest BCUT2D eigenvalue weighted by Gasteiger charge is 2.25. The van der Waals surface area contributed by atoms with E-state index in [1.165, 1.54) is 11.3 Å². The second-order valence-corrected chi connectivity index (χ2v) is 7.50. The lowest BCUT2D eigenvalue weighted by Gasteiger charge is -2.21. The second kappa shape index (κ2) is 7.50. The van der Waals surface area contributed by atoms with Crippen LogP contribution in [0.25, 0.3) is 11.3 Å². The number of carbonyl (C=O) groups is 1. The first-order valence-corrected chi connectivity index (χ1v) is 9.71. The summed E-state index contributed by atoms with van der Waals surface area (Å²) >= 11 is 0. The predicted octanol–water partition coefficient (Wildman–Crippen LogP) is 3.39. The first kappa shape index (κ1) is 18.3. The number of amides is 1. The fraction of sp³-hybridized carbons (Fsp3) is 0.304. The van der Waals surface area contributed by atoms with Gasteiger partial charge in [-0.2, -0.15) is 5.10 Å². The van der Waals surface area contributed by atoms with Gasteiger partial charge in [0, 0.05) is 68.7 Å². The van der Waals surface area contributed by atoms with E-state index in [4.69, 9.17) is 5.10 Å². The molecule has 0 radical (unpaired) electrons. The van der Waals surface area contributed by atoms with Gasteiger partial charge >= 0.3 is 0 Å². The molecule has 5 nitrogen and oxygen atoms in total. The van der Waals surface area contributed by atoms with Gasteiger partial charge in [0.1, 0.15) is 0 Å². The molecule has 0 saturated carbocycles. The molecule has 0 N–H and O–H groups in total. The predicted molar refractivity (Wildman–Crippen MR) is 113 cm³/mol. The molecule has 1 amide bonds. The Balaban J connectivity index is 1.58. The molecule has 0 fully saturated rings. The summed E-state index contributed by atoms with van der Waals surface area (Å²) in [6.45, 7) is 1.43. The molecule has 1 aliphatic heterocycles. The van der Waals surface area contributed by atoms with Gasteiger partial charge in [-0.25, -0.2) is 0 Å². The van der Waals surface area contributed by atoms with Crippen LogP contribution in [0.4, 0.5) is 5.69 Å². The van der Waals surface area contributed by atoms with Crippen molar-refractivity contribution in [2.45, 2.75) is 12.8 Å². The number of aryl methyl sites for hydroxylation is 1. The lowest BCUT2D eigenvalue weighted by atomic mass is 10.0. The van der Waals surface area contributed by atoms with E-state index in [1.54, 1.807) is 0 Å². The summed E-state index contributed by atoms with van der Waals surface area (Å²) in [6, 6.07) is 18.2. The molecule has 0 saturated heterocycles. The normalized spacial score (nSPS) is 13.8. The lowest BCUT2D eigenvalue weighted by Crippen LogP contribution is -2.33. The molecule has 0 aliphatic carbocycles. The van der Waals surface area contributed by atoms with Crippen molar-refractivity contribution in [3.8, 4) is 11.3 Å². The Morgan fingerprint density at radius 2 is 1.75 bits per heavy atom. The maximum atomic E-state index is 13.1. The molecule has 2 heterocycles. The minimum Gasteiger partial charge on any atom is -0.378 e. The van der Waals surface area contributed by atoms with Crippen LogP contribution in [-0.2, 0) is 19.9 Å². The minimum absolute atomic E-state index is 0.103. The van der Waals surface area contributed by atoms with E-state index in [9.17, 15) is 4.79 Å². The van der Waals surface area contributed by atoms with Gasteiger partial charge in [0.2, 0.25) is 0 Å². The van der Waals surface area contributed by atoms with Crippen molar-refractivity contribution in [1.82, 2.24) is 14.7 Å². The monoisotopic (exact) mass is 374 g/mol. The van der Waals surface area contributed by atoms with Gasteiger partial charge in [-0.1, -0.05) is 36.4 Å². The topological polar surface area (TPSA) is 41.4 Å². The molecule has 0 atom stereocenters. The highest BCUT2D eigenvalue weighted by atomic mass is 16.2. The zero-order valence-corrected chi connectivity index (χ0v) is 16.7. The number of aromatic nitrogens is 2. The SMILES string of the molecule is CN(C)c1cccc(C(=O)N2CCc3c(-c4ccccc4)nn(C)c3CC2)c1. The van der Waals surface area contributed by atoms with E-state index < -0.39 is 0 Å². The summed E-state index contributed by atoms with van der Waals surface area (Å²) in [5, 5.41) is 4.77. The Hall–Kier alpha value is -3.08. The van der Waals surface area contributed by atoms with Gasteiger partial charge in [-0.3, -0.25) is 9.48 Å². The van der Waals surface area contributed by atoms with Crippen LogP contribution in [0.5, 0.6) is 0 Å². The van der Waals surface area contributed by atoms with Crippen LogP contribution >= 0.6 is 0 Å². The molecule has 0 bridgehead atoms. The summed E-state index contributed by atoms with van der Waals surface area (Å²) in [4.78, 5) is 17.1.